The first-order valence-electron chi connectivity index (χ1n) is 8.53. The van der Waals surface area contributed by atoms with Crippen molar-refractivity contribution < 1.29 is 9.21 Å². The van der Waals surface area contributed by atoms with Crippen molar-refractivity contribution in [3.05, 3.63) is 77.5 Å². The highest BCUT2D eigenvalue weighted by atomic mass is 32.1. The zero-order valence-electron chi connectivity index (χ0n) is 14.1. The van der Waals surface area contributed by atoms with Crippen molar-refractivity contribution in [3.63, 3.8) is 0 Å². The van der Waals surface area contributed by atoms with Gasteiger partial charge in [0.1, 0.15) is 16.5 Å². The summed E-state index contributed by atoms with van der Waals surface area (Å²) in [6.45, 7) is 0.464. The van der Waals surface area contributed by atoms with Crippen LogP contribution in [0.4, 0.5) is 0 Å². The van der Waals surface area contributed by atoms with Crippen LogP contribution in [0.25, 0.3) is 21.5 Å². The van der Waals surface area contributed by atoms with Gasteiger partial charge in [-0.1, -0.05) is 42.5 Å². The highest BCUT2D eigenvalue weighted by Gasteiger charge is 2.09. The van der Waals surface area contributed by atoms with Crippen LogP contribution in [0, 0.1) is 0 Å². The summed E-state index contributed by atoms with van der Waals surface area (Å²) in [6.07, 6.45) is 0.977. The highest BCUT2D eigenvalue weighted by molar-refractivity contribution is 7.18. The zero-order valence-corrected chi connectivity index (χ0v) is 15.0. The van der Waals surface area contributed by atoms with Crippen LogP contribution in [0.15, 0.2) is 71.1 Å². The van der Waals surface area contributed by atoms with Crippen molar-refractivity contribution in [1.82, 2.24) is 10.3 Å². The van der Waals surface area contributed by atoms with Gasteiger partial charge in [0, 0.05) is 18.4 Å². The lowest BCUT2D eigenvalue weighted by atomic mass is 10.2. The Balaban J connectivity index is 1.29. The average molecular weight is 362 g/mol. The second-order valence-electron chi connectivity index (χ2n) is 5.98. The van der Waals surface area contributed by atoms with Crippen molar-refractivity contribution in [2.75, 3.05) is 0 Å². The molecule has 4 aromatic rings. The maximum Gasteiger partial charge on any atom is 0.220 e. The molecule has 0 bridgehead atoms. The number of furan rings is 1. The number of thiazole rings is 1. The highest BCUT2D eigenvalue weighted by Crippen LogP contribution is 2.23. The first kappa shape index (κ1) is 16.5. The summed E-state index contributed by atoms with van der Waals surface area (Å²) in [5.74, 6) is 1.65. The van der Waals surface area contributed by atoms with E-state index in [0.29, 0.717) is 19.4 Å². The quantitative estimate of drug-likeness (QED) is 0.536. The smallest absolute Gasteiger partial charge is 0.220 e. The van der Waals surface area contributed by atoms with Gasteiger partial charge in [-0.05, 0) is 24.3 Å². The molecule has 2 heterocycles. The number of fused-ring (bicyclic) bond motifs is 1. The summed E-state index contributed by atoms with van der Waals surface area (Å²) < 4.78 is 6.97. The maximum absolute atomic E-state index is 12.1. The third kappa shape index (κ3) is 3.83. The fourth-order valence-electron chi connectivity index (χ4n) is 2.76. The van der Waals surface area contributed by atoms with Crippen LogP contribution >= 0.6 is 11.3 Å². The minimum absolute atomic E-state index is 0.00178. The number of rotatable bonds is 6. The predicted octanol–water partition coefficient (Wildman–Crippen LogP) is 4.81. The molecule has 0 unspecified atom stereocenters. The van der Waals surface area contributed by atoms with E-state index >= 15 is 0 Å². The molecule has 0 atom stereocenters. The summed E-state index contributed by atoms with van der Waals surface area (Å²) in [5.41, 5.74) is 2.02. The Hall–Kier alpha value is -2.92. The fourth-order valence-corrected chi connectivity index (χ4v) is 3.67. The van der Waals surface area contributed by atoms with E-state index in [-0.39, 0.29) is 5.91 Å². The van der Waals surface area contributed by atoms with Gasteiger partial charge in [-0.2, -0.15) is 0 Å². The van der Waals surface area contributed by atoms with Crippen molar-refractivity contribution >= 4 is 27.5 Å². The number of nitrogens with one attached hydrogen (secondary N) is 1. The summed E-state index contributed by atoms with van der Waals surface area (Å²) in [4.78, 5) is 16.6. The van der Waals surface area contributed by atoms with E-state index in [1.807, 2.05) is 66.7 Å². The van der Waals surface area contributed by atoms with E-state index in [0.717, 1.165) is 32.3 Å². The summed E-state index contributed by atoms with van der Waals surface area (Å²) in [7, 11) is 0. The number of aryl methyl sites for hydroxylation is 1. The molecule has 0 aliphatic heterocycles. The number of aromatic nitrogens is 1. The molecule has 26 heavy (non-hydrogen) atoms. The Labute approximate surface area is 155 Å². The first-order chi connectivity index (χ1) is 12.8. The van der Waals surface area contributed by atoms with Gasteiger partial charge in [0.25, 0.3) is 0 Å². The number of carbonyl (C=O) groups is 1. The van der Waals surface area contributed by atoms with Gasteiger partial charge in [0.2, 0.25) is 5.91 Å². The Morgan fingerprint density at radius 1 is 1.00 bits per heavy atom. The predicted molar refractivity (Wildman–Crippen MR) is 104 cm³/mol. The van der Waals surface area contributed by atoms with Crippen molar-refractivity contribution in [1.29, 1.82) is 0 Å². The molecule has 0 aliphatic carbocycles. The number of hydrogen-bond donors (Lipinski definition) is 1. The number of amides is 1. The molecule has 130 valence electrons. The molecule has 0 saturated heterocycles. The molecule has 0 aliphatic rings. The molecule has 0 radical (unpaired) electrons. The van der Waals surface area contributed by atoms with Crippen LogP contribution < -0.4 is 5.32 Å². The Bertz CT molecular complexity index is 988. The molecule has 2 aromatic heterocycles. The lowest BCUT2D eigenvalue weighted by Gasteiger charge is -2.02. The van der Waals surface area contributed by atoms with Crippen LogP contribution in [-0.4, -0.2) is 10.9 Å². The third-order valence-electron chi connectivity index (χ3n) is 4.09. The van der Waals surface area contributed by atoms with Crippen LogP contribution in [0.2, 0.25) is 0 Å². The number of carbonyl (C=O) groups excluding carboxylic acids is 1. The third-order valence-corrected chi connectivity index (χ3v) is 5.13. The standard InChI is InChI=1S/C21H18N2O2S/c24-20(22-14-21-23-17-8-4-5-9-19(17)26-21)13-11-16-10-12-18(25-16)15-6-2-1-3-7-15/h1-10,12H,11,13-14H2,(H,22,24). The van der Waals surface area contributed by atoms with Gasteiger partial charge in [-0.15, -0.1) is 11.3 Å². The minimum Gasteiger partial charge on any atom is -0.461 e. The van der Waals surface area contributed by atoms with Crippen LogP contribution in [0.5, 0.6) is 0 Å². The van der Waals surface area contributed by atoms with E-state index in [1.165, 1.54) is 0 Å². The van der Waals surface area contributed by atoms with E-state index in [2.05, 4.69) is 10.3 Å². The molecular weight excluding hydrogens is 344 g/mol. The monoisotopic (exact) mass is 362 g/mol. The van der Waals surface area contributed by atoms with Crippen molar-refractivity contribution in [3.8, 4) is 11.3 Å². The molecule has 1 amide bonds. The Morgan fingerprint density at radius 3 is 2.65 bits per heavy atom. The normalized spacial score (nSPS) is 10.9. The molecule has 2 aromatic carbocycles. The largest absolute Gasteiger partial charge is 0.461 e. The average Bonchev–Trinajstić information content (AvgIpc) is 3.32. The molecular formula is C21H18N2O2S. The summed E-state index contributed by atoms with van der Waals surface area (Å²) >= 11 is 1.61. The van der Waals surface area contributed by atoms with Gasteiger partial charge >= 0.3 is 0 Å². The molecule has 0 fully saturated rings. The van der Waals surface area contributed by atoms with E-state index in [9.17, 15) is 4.79 Å². The SMILES string of the molecule is O=C(CCc1ccc(-c2ccccc2)o1)NCc1nc2ccccc2s1. The molecule has 0 spiro atoms. The summed E-state index contributed by atoms with van der Waals surface area (Å²) in [5, 5.41) is 3.86. The molecule has 4 nitrogen and oxygen atoms in total. The number of nitrogens with zero attached hydrogens (tertiary/aromatic N) is 1. The van der Waals surface area contributed by atoms with Gasteiger partial charge in [-0.25, -0.2) is 4.98 Å². The zero-order chi connectivity index (χ0) is 17.8. The fraction of sp³-hybridized carbons (Fsp3) is 0.143. The van der Waals surface area contributed by atoms with Crippen molar-refractivity contribution in [2.45, 2.75) is 19.4 Å². The number of hydrogen-bond acceptors (Lipinski definition) is 4. The van der Waals surface area contributed by atoms with Crippen LogP contribution in [0.1, 0.15) is 17.2 Å². The van der Waals surface area contributed by atoms with Crippen LogP contribution in [0.3, 0.4) is 0 Å². The van der Waals surface area contributed by atoms with E-state index < -0.39 is 0 Å². The number of benzene rings is 2. The lowest BCUT2D eigenvalue weighted by molar-refractivity contribution is -0.121. The molecule has 1 N–H and O–H groups in total. The molecule has 0 saturated carbocycles. The van der Waals surface area contributed by atoms with Gasteiger partial charge in [0.05, 0.1) is 16.8 Å². The van der Waals surface area contributed by atoms with Gasteiger partial charge < -0.3 is 9.73 Å². The second kappa shape index (κ2) is 7.54. The summed E-state index contributed by atoms with van der Waals surface area (Å²) in [6, 6.07) is 21.8. The molecule has 4 rings (SSSR count). The van der Waals surface area contributed by atoms with Gasteiger partial charge in [0.15, 0.2) is 0 Å². The van der Waals surface area contributed by atoms with Crippen LogP contribution in [-0.2, 0) is 17.8 Å². The van der Waals surface area contributed by atoms with E-state index in [4.69, 9.17) is 4.42 Å². The molecule has 5 heteroatoms. The minimum atomic E-state index is 0.00178. The topological polar surface area (TPSA) is 55.1 Å². The van der Waals surface area contributed by atoms with Gasteiger partial charge in [-0.3, -0.25) is 4.79 Å². The van der Waals surface area contributed by atoms with Crippen molar-refractivity contribution in [2.24, 2.45) is 0 Å². The first-order valence-corrected chi connectivity index (χ1v) is 9.35. The number of para-hydroxylation sites is 1. The second-order valence-corrected chi connectivity index (χ2v) is 7.10. The Kier molecular flexibility index (Phi) is 4.80. The van der Waals surface area contributed by atoms with E-state index in [1.54, 1.807) is 11.3 Å². The Morgan fingerprint density at radius 2 is 1.81 bits per heavy atom. The maximum atomic E-state index is 12.1. The lowest BCUT2D eigenvalue weighted by Crippen LogP contribution is -2.22.